The zero-order chi connectivity index (χ0) is 16.4. The number of fused-ring (bicyclic) bond motifs is 1. The van der Waals surface area contributed by atoms with Crippen LogP contribution in [0.15, 0.2) is 42.5 Å². The van der Waals surface area contributed by atoms with E-state index in [0.717, 1.165) is 28.1 Å². The molecule has 3 rings (SSSR count). The number of nitrogens with two attached hydrogens (primary N) is 1. The van der Waals surface area contributed by atoms with E-state index in [1.54, 1.807) is 12.1 Å². The van der Waals surface area contributed by atoms with E-state index in [4.69, 9.17) is 5.73 Å². The number of benzene rings is 2. The molecule has 0 fully saturated rings. The first-order valence-corrected chi connectivity index (χ1v) is 7.27. The number of imidazole rings is 1. The molecule has 0 aliphatic rings. The van der Waals surface area contributed by atoms with Crippen molar-refractivity contribution in [1.82, 2.24) is 9.55 Å². The van der Waals surface area contributed by atoms with E-state index < -0.39 is 4.92 Å². The van der Waals surface area contributed by atoms with E-state index in [0.29, 0.717) is 6.54 Å². The van der Waals surface area contributed by atoms with Gasteiger partial charge >= 0.3 is 0 Å². The lowest BCUT2D eigenvalue weighted by Gasteiger charge is -2.02. The Morgan fingerprint density at radius 1 is 1.22 bits per heavy atom. The van der Waals surface area contributed by atoms with E-state index in [-0.39, 0.29) is 5.69 Å². The predicted molar refractivity (Wildman–Crippen MR) is 91.8 cm³/mol. The second kappa shape index (κ2) is 5.92. The van der Waals surface area contributed by atoms with Crippen molar-refractivity contribution in [2.45, 2.75) is 13.5 Å². The van der Waals surface area contributed by atoms with Gasteiger partial charge in [0.15, 0.2) is 0 Å². The van der Waals surface area contributed by atoms with Crippen LogP contribution < -0.4 is 5.73 Å². The highest BCUT2D eigenvalue weighted by molar-refractivity contribution is 5.82. The minimum Gasteiger partial charge on any atom is -0.399 e. The molecule has 0 aliphatic carbocycles. The maximum Gasteiger partial charge on any atom is 0.271 e. The van der Waals surface area contributed by atoms with Gasteiger partial charge in [-0.05, 0) is 36.8 Å². The lowest BCUT2D eigenvalue weighted by atomic mass is 10.2. The third kappa shape index (κ3) is 2.91. The van der Waals surface area contributed by atoms with Crippen molar-refractivity contribution in [3.05, 3.63) is 64.0 Å². The molecule has 2 N–H and O–H groups in total. The van der Waals surface area contributed by atoms with Gasteiger partial charge in [-0.25, -0.2) is 4.98 Å². The van der Waals surface area contributed by atoms with Gasteiger partial charge in [-0.3, -0.25) is 10.1 Å². The lowest BCUT2D eigenvalue weighted by molar-refractivity contribution is -0.384. The third-order valence-corrected chi connectivity index (χ3v) is 3.65. The van der Waals surface area contributed by atoms with Crippen LogP contribution in [0.4, 0.5) is 11.4 Å². The molecule has 0 amide bonds. The smallest absolute Gasteiger partial charge is 0.271 e. The van der Waals surface area contributed by atoms with Gasteiger partial charge in [-0.2, -0.15) is 0 Å². The first kappa shape index (κ1) is 14.8. The Hall–Kier alpha value is -3.15. The second-order valence-electron chi connectivity index (χ2n) is 5.14. The SMILES string of the molecule is CCn1c(/C=C/c2ccc(N)cc2)nc2ccc([N+](=O)[O-])cc21. The van der Waals surface area contributed by atoms with Crippen molar-refractivity contribution < 1.29 is 4.92 Å². The van der Waals surface area contributed by atoms with Gasteiger partial charge in [0.05, 0.1) is 16.0 Å². The average Bonchev–Trinajstić information content (AvgIpc) is 2.90. The van der Waals surface area contributed by atoms with Gasteiger partial charge in [-0.15, -0.1) is 0 Å². The summed E-state index contributed by atoms with van der Waals surface area (Å²) < 4.78 is 1.95. The van der Waals surface area contributed by atoms with Crippen molar-refractivity contribution in [3.8, 4) is 0 Å². The summed E-state index contributed by atoms with van der Waals surface area (Å²) in [5, 5.41) is 10.9. The number of nitro groups is 1. The quantitative estimate of drug-likeness (QED) is 0.452. The molecular weight excluding hydrogens is 292 g/mol. The Kier molecular flexibility index (Phi) is 3.80. The van der Waals surface area contributed by atoms with E-state index >= 15 is 0 Å². The van der Waals surface area contributed by atoms with Gasteiger partial charge in [0.1, 0.15) is 5.82 Å². The number of aromatic nitrogens is 2. The molecule has 0 unspecified atom stereocenters. The van der Waals surface area contributed by atoms with Crippen molar-refractivity contribution in [2.75, 3.05) is 5.73 Å². The maximum absolute atomic E-state index is 10.9. The van der Waals surface area contributed by atoms with E-state index in [2.05, 4.69) is 4.98 Å². The summed E-state index contributed by atoms with van der Waals surface area (Å²) >= 11 is 0. The van der Waals surface area contributed by atoms with Crippen LogP contribution in [0.25, 0.3) is 23.2 Å². The molecule has 0 atom stereocenters. The minimum atomic E-state index is -0.393. The van der Waals surface area contributed by atoms with E-state index in [1.165, 1.54) is 6.07 Å². The molecule has 6 nitrogen and oxygen atoms in total. The lowest BCUT2D eigenvalue weighted by Crippen LogP contribution is -1.97. The molecular formula is C17H16N4O2. The summed E-state index contributed by atoms with van der Waals surface area (Å²) in [6.07, 6.45) is 3.85. The zero-order valence-electron chi connectivity index (χ0n) is 12.6. The fourth-order valence-electron chi connectivity index (χ4n) is 2.48. The summed E-state index contributed by atoms with van der Waals surface area (Å²) in [7, 11) is 0. The van der Waals surface area contributed by atoms with Crippen LogP contribution in [0.2, 0.25) is 0 Å². The number of anilines is 1. The summed E-state index contributed by atoms with van der Waals surface area (Å²) in [6.45, 7) is 2.67. The number of hydrogen-bond donors (Lipinski definition) is 1. The molecule has 0 saturated carbocycles. The van der Waals surface area contributed by atoms with E-state index in [9.17, 15) is 10.1 Å². The molecule has 3 aromatic rings. The highest BCUT2D eigenvalue weighted by atomic mass is 16.6. The van der Waals surface area contributed by atoms with Crippen molar-refractivity contribution in [1.29, 1.82) is 0 Å². The largest absolute Gasteiger partial charge is 0.399 e. The number of hydrogen-bond acceptors (Lipinski definition) is 4. The first-order chi connectivity index (χ1) is 11.1. The van der Waals surface area contributed by atoms with Crippen molar-refractivity contribution in [2.24, 2.45) is 0 Å². The van der Waals surface area contributed by atoms with Gasteiger partial charge < -0.3 is 10.3 Å². The van der Waals surface area contributed by atoms with Crippen LogP contribution in [0.1, 0.15) is 18.3 Å². The Morgan fingerprint density at radius 2 is 1.96 bits per heavy atom. The average molecular weight is 308 g/mol. The molecule has 116 valence electrons. The first-order valence-electron chi connectivity index (χ1n) is 7.27. The van der Waals surface area contributed by atoms with Gasteiger partial charge in [0.2, 0.25) is 0 Å². The summed E-state index contributed by atoms with van der Waals surface area (Å²) in [4.78, 5) is 15.1. The fraction of sp³-hybridized carbons (Fsp3) is 0.118. The Morgan fingerprint density at radius 3 is 2.61 bits per heavy atom. The van der Waals surface area contributed by atoms with Crippen LogP contribution in [-0.4, -0.2) is 14.5 Å². The second-order valence-corrected chi connectivity index (χ2v) is 5.14. The number of nitrogens with zero attached hydrogens (tertiary/aromatic N) is 3. The third-order valence-electron chi connectivity index (χ3n) is 3.65. The van der Waals surface area contributed by atoms with Crippen LogP contribution in [-0.2, 0) is 6.54 Å². The standard InChI is InChI=1S/C17H16N4O2/c1-2-20-16-11-14(21(22)23)8-9-15(16)19-17(20)10-5-12-3-6-13(18)7-4-12/h3-11H,2,18H2,1H3/b10-5+. The van der Waals surface area contributed by atoms with Gasteiger partial charge in [0, 0.05) is 24.4 Å². The van der Waals surface area contributed by atoms with Crippen LogP contribution >= 0.6 is 0 Å². The number of nitro benzene ring substituents is 1. The van der Waals surface area contributed by atoms with Gasteiger partial charge in [-0.1, -0.05) is 18.2 Å². The zero-order valence-corrected chi connectivity index (χ0v) is 12.6. The molecule has 0 bridgehead atoms. The number of nitrogen functional groups attached to an aromatic ring is 1. The van der Waals surface area contributed by atoms with Crippen LogP contribution in [0, 0.1) is 10.1 Å². The highest BCUT2D eigenvalue weighted by Crippen LogP contribution is 2.23. The van der Waals surface area contributed by atoms with Crippen LogP contribution in [0.3, 0.4) is 0 Å². The summed E-state index contributed by atoms with van der Waals surface area (Å²) in [5.41, 5.74) is 8.98. The predicted octanol–water partition coefficient (Wildman–Crippen LogP) is 3.72. The molecule has 1 aromatic heterocycles. The highest BCUT2D eigenvalue weighted by Gasteiger charge is 2.12. The number of rotatable bonds is 4. The normalized spacial score (nSPS) is 11.3. The molecule has 0 aliphatic heterocycles. The van der Waals surface area contributed by atoms with Crippen LogP contribution in [0.5, 0.6) is 0 Å². The minimum absolute atomic E-state index is 0.0705. The molecule has 1 heterocycles. The molecule has 23 heavy (non-hydrogen) atoms. The Balaban J connectivity index is 2.03. The molecule has 0 spiro atoms. The summed E-state index contributed by atoms with van der Waals surface area (Å²) in [6, 6.07) is 12.2. The molecule has 2 aromatic carbocycles. The fourth-order valence-corrected chi connectivity index (χ4v) is 2.48. The Bertz CT molecular complexity index is 895. The summed E-state index contributed by atoms with van der Waals surface area (Å²) in [5.74, 6) is 0.764. The Labute approximate surface area is 133 Å². The topological polar surface area (TPSA) is 87.0 Å². The number of non-ortho nitro benzene ring substituents is 1. The van der Waals surface area contributed by atoms with Crippen molar-refractivity contribution in [3.63, 3.8) is 0 Å². The molecule has 0 saturated heterocycles. The number of aryl methyl sites for hydroxylation is 1. The molecule has 6 heteroatoms. The van der Waals surface area contributed by atoms with Crippen molar-refractivity contribution >= 4 is 34.6 Å². The van der Waals surface area contributed by atoms with Gasteiger partial charge in [0.25, 0.3) is 5.69 Å². The van der Waals surface area contributed by atoms with E-state index in [1.807, 2.05) is 47.9 Å². The maximum atomic E-state index is 10.9. The monoisotopic (exact) mass is 308 g/mol. The molecule has 0 radical (unpaired) electrons.